The summed E-state index contributed by atoms with van der Waals surface area (Å²) < 4.78 is 0. The number of amides is 1. The van der Waals surface area contributed by atoms with Crippen LogP contribution in [-0.4, -0.2) is 51.0 Å². The number of carbonyl (C=O) groups excluding carboxylic acids is 1. The first kappa shape index (κ1) is 39.3. The van der Waals surface area contributed by atoms with Gasteiger partial charge in [0, 0.05) is 98.4 Å². The van der Waals surface area contributed by atoms with Gasteiger partial charge in [-0.2, -0.15) is 0 Å². The minimum absolute atomic E-state index is 0.117. The Morgan fingerprint density at radius 1 is 0.534 bits per heavy atom. The van der Waals surface area contributed by atoms with Crippen molar-refractivity contribution in [1.82, 2.24) is 35.1 Å². The van der Waals surface area contributed by atoms with Gasteiger partial charge in [-0.15, -0.1) is 0 Å². The predicted octanol–water partition coefficient (Wildman–Crippen LogP) is 7.69. The van der Waals surface area contributed by atoms with Gasteiger partial charge in [0.05, 0.1) is 22.8 Å². The summed E-state index contributed by atoms with van der Waals surface area (Å²) in [5, 5.41) is 36.7. The van der Waals surface area contributed by atoms with E-state index >= 15 is 0 Å². The molecule has 0 aliphatic carbocycles. The van der Waals surface area contributed by atoms with Crippen molar-refractivity contribution in [3.63, 3.8) is 0 Å². The lowest BCUT2D eigenvalue weighted by Crippen LogP contribution is -2.26. The molecule has 0 spiro atoms. The molecule has 0 atom stereocenters. The number of carbonyl (C=O) groups is 1. The van der Waals surface area contributed by atoms with Crippen molar-refractivity contribution in [2.24, 2.45) is 0 Å². The summed E-state index contributed by atoms with van der Waals surface area (Å²) in [4.78, 5) is 35.9. The number of rotatable bonds is 16. The van der Waals surface area contributed by atoms with E-state index < -0.39 is 0 Å². The SMILES string of the molecule is Cc1ccnc(-c2cc(C(=O)NCc3cc(CN(Cc4ccccn4)Cc4ccccc4O)c(O)c(CN(Cc4ccccn4)Cc4ccccc4O)c3)ccn2)c1. The van der Waals surface area contributed by atoms with Gasteiger partial charge in [0.15, 0.2) is 0 Å². The quantitative estimate of drug-likeness (QED) is 0.0771. The lowest BCUT2D eigenvalue weighted by molar-refractivity contribution is 0.0950. The topological polar surface area (TPSA) is 148 Å². The van der Waals surface area contributed by atoms with E-state index in [0.717, 1.165) is 33.6 Å². The van der Waals surface area contributed by atoms with Crippen LogP contribution in [0.4, 0.5) is 0 Å². The Hall–Kier alpha value is -6.95. The number of benzene rings is 3. The molecule has 58 heavy (non-hydrogen) atoms. The fourth-order valence-electron chi connectivity index (χ4n) is 6.88. The number of hydrogen-bond acceptors (Lipinski definition) is 10. The highest BCUT2D eigenvalue weighted by Gasteiger charge is 2.20. The van der Waals surface area contributed by atoms with Gasteiger partial charge in [-0.05, 0) is 90.8 Å². The van der Waals surface area contributed by atoms with E-state index in [0.29, 0.717) is 67.3 Å². The molecule has 0 unspecified atom stereocenters. The third-order valence-corrected chi connectivity index (χ3v) is 9.76. The smallest absolute Gasteiger partial charge is 0.251 e. The van der Waals surface area contributed by atoms with Crippen molar-refractivity contribution in [2.75, 3.05) is 0 Å². The van der Waals surface area contributed by atoms with Crippen LogP contribution in [-0.2, 0) is 45.8 Å². The first-order valence-corrected chi connectivity index (χ1v) is 19.1. The molecule has 4 heterocycles. The summed E-state index contributed by atoms with van der Waals surface area (Å²) in [6, 6.07) is 37.0. The first-order chi connectivity index (χ1) is 28.3. The average Bonchev–Trinajstić information content (AvgIpc) is 3.24. The van der Waals surface area contributed by atoms with Crippen molar-refractivity contribution in [2.45, 2.75) is 52.7 Å². The second-order valence-corrected chi connectivity index (χ2v) is 14.3. The van der Waals surface area contributed by atoms with Gasteiger partial charge in [0.1, 0.15) is 17.2 Å². The monoisotopic (exact) mass is 771 g/mol. The average molecular weight is 772 g/mol. The minimum atomic E-state index is -0.278. The molecule has 0 aliphatic heterocycles. The molecule has 11 heteroatoms. The number of hydrogen-bond donors (Lipinski definition) is 4. The molecule has 0 bridgehead atoms. The number of aromatic nitrogens is 4. The van der Waals surface area contributed by atoms with Crippen molar-refractivity contribution in [1.29, 1.82) is 0 Å². The Balaban J connectivity index is 1.22. The largest absolute Gasteiger partial charge is 0.508 e. The number of nitrogens with one attached hydrogen (secondary N) is 1. The van der Waals surface area contributed by atoms with Gasteiger partial charge in [0.25, 0.3) is 5.91 Å². The number of para-hydroxylation sites is 2. The molecule has 1 amide bonds. The number of aryl methyl sites for hydroxylation is 1. The third-order valence-electron chi connectivity index (χ3n) is 9.76. The number of pyridine rings is 4. The van der Waals surface area contributed by atoms with E-state index in [1.54, 1.807) is 61.2 Å². The van der Waals surface area contributed by atoms with E-state index in [1.807, 2.05) is 91.9 Å². The summed E-state index contributed by atoms with van der Waals surface area (Å²) in [7, 11) is 0. The van der Waals surface area contributed by atoms with Crippen LogP contribution in [0, 0.1) is 6.92 Å². The van der Waals surface area contributed by atoms with E-state index in [-0.39, 0.29) is 29.7 Å². The van der Waals surface area contributed by atoms with Crippen LogP contribution >= 0.6 is 0 Å². The van der Waals surface area contributed by atoms with Crippen molar-refractivity contribution in [3.05, 3.63) is 196 Å². The van der Waals surface area contributed by atoms with Gasteiger partial charge < -0.3 is 20.6 Å². The lowest BCUT2D eigenvalue weighted by Gasteiger charge is -2.26. The predicted molar refractivity (Wildman–Crippen MR) is 222 cm³/mol. The molecule has 292 valence electrons. The Bertz CT molecular complexity index is 2350. The Kier molecular flexibility index (Phi) is 12.7. The maximum Gasteiger partial charge on any atom is 0.251 e. The molecule has 0 radical (unpaired) electrons. The zero-order chi connectivity index (χ0) is 40.3. The number of phenols is 3. The molecule has 0 saturated heterocycles. The maximum absolute atomic E-state index is 13.7. The van der Waals surface area contributed by atoms with E-state index in [1.165, 1.54) is 0 Å². The van der Waals surface area contributed by atoms with Crippen LogP contribution in [0.5, 0.6) is 17.2 Å². The molecular formula is C47H45N7O4. The molecule has 7 aromatic rings. The van der Waals surface area contributed by atoms with Crippen molar-refractivity contribution in [3.8, 4) is 28.6 Å². The molecule has 0 saturated carbocycles. The van der Waals surface area contributed by atoms with Crippen LogP contribution in [0.3, 0.4) is 0 Å². The van der Waals surface area contributed by atoms with Gasteiger partial charge in [-0.25, -0.2) is 0 Å². The van der Waals surface area contributed by atoms with Crippen LogP contribution < -0.4 is 5.32 Å². The highest BCUT2D eigenvalue weighted by molar-refractivity contribution is 5.95. The Morgan fingerprint density at radius 3 is 1.55 bits per heavy atom. The minimum Gasteiger partial charge on any atom is -0.508 e. The molecular weight excluding hydrogens is 727 g/mol. The number of phenolic OH excluding ortho intramolecular Hbond substituents is 3. The zero-order valence-electron chi connectivity index (χ0n) is 32.2. The van der Waals surface area contributed by atoms with Crippen LogP contribution in [0.2, 0.25) is 0 Å². The molecule has 7 rings (SSSR count). The maximum atomic E-state index is 13.7. The van der Waals surface area contributed by atoms with E-state index in [4.69, 9.17) is 0 Å². The van der Waals surface area contributed by atoms with Gasteiger partial charge in [0.2, 0.25) is 0 Å². The fraction of sp³-hybridized carbons (Fsp3) is 0.170. The highest BCUT2D eigenvalue weighted by atomic mass is 16.3. The highest BCUT2D eigenvalue weighted by Crippen LogP contribution is 2.31. The second kappa shape index (κ2) is 18.8. The van der Waals surface area contributed by atoms with Gasteiger partial charge in [-0.3, -0.25) is 34.5 Å². The number of aromatic hydroxyl groups is 3. The van der Waals surface area contributed by atoms with Crippen molar-refractivity contribution < 1.29 is 20.1 Å². The molecule has 4 aromatic heterocycles. The van der Waals surface area contributed by atoms with Crippen LogP contribution in [0.15, 0.2) is 146 Å². The van der Waals surface area contributed by atoms with E-state index in [9.17, 15) is 20.1 Å². The molecule has 4 N–H and O–H groups in total. The summed E-state index contributed by atoms with van der Waals surface area (Å²) >= 11 is 0. The Morgan fingerprint density at radius 2 is 1.03 bits per heavy atom. The summed E-state index contributed by atoms with van der Waals surface area (Å²) in [6.45, 7) is 4.45. The molecule has 3 aromatic carbocycles. The van der Waals surface area contributed by atoms with E-state index in [2.05, 4.69) is 35.1 Å². The molecule has 0 fully saturated rings. The van der Waals surface area contributed by atoms with Gasteiger partial charge in [-0.1, -0.05) is 48.5 Å². The lowest BCUT2D eigenvalue weighted by atomic mass is 10.0. The zero-order valence-corrected chi connectivity index (χ0v) is 32.2. The van der Waals surface area contributed by atoms with Crippen LogP contribution in [0.25, 0.3) is 11.4 Å². The third kappa shape index (κ3) is 10.5. The second-order valence-electron chi connectivity index (χ2n) is 14.3. The number of nitrogens with zero attached hydrogens (tertiary/aromatic N) is 6. The van der Waals surface area contributed by atoms with Crippen molar-refractivity contribution >= 4 is 5.91 Å². The van der Waals surface area contributed by atoms with Gasteiger partial charge >= 0.3 is 0 Å². The first-order valence-electron chi connectivity index (χ1n) is 19.1. The fourth-order valence-corrected chi connectivity index (χ4v) is 6.88. The Labute approximate surface area is 338 Å². The normalized spacial score (nSPS) is 11.2. The standard InChI is InChI=1S/C47H45N7O4/c1-33-16-20-50-42(22-33)43-25-35(17-21-51-43)47(58)52-26-34-23-38(29-53(31-40-12-6-8-18-48-40)27-36-10-2-4-14-44(36)55)46(57)39(24-34)30-54(32-41-13-7-9-19-49-41)28-37-11-3-5-15-45(37)56/h2-25,55-57H,26-32H2,1H3,(H,52,58). The summed E-state index contributed by atoms with van der Waals surface area (Å²) in [5.41, 5.74) is 7.99. The molecule has 11 nitrogen and oxygen atoms in total. The summed E-state index contributed by atoms with van der Waals surface area (Å²) in [6.07, 6.45) is 6.82. The summed E-state index contributed by atoms with van der Waals surface area (Å²) in [5.74, 6) is 0.203. The molecule has 0 aliphatic rings. The van der Waals surface area contributed by atoms with Crippen LogP contribution in [0.1, 0.15) is 55.1 Å².